The number of furan rings is 2. The lowest BCUT2D eigenvalue weighted by Gasteiger charge is -2.19. The molecule has 0 saturated heterocycles. The lowest BCUT2D eigenvalue weighted by Crippen LogP contribution is -2.06. The first-order valence-corrected chi connectivity index (χ1v) is 24.9. The monoisotopic (exact) mass is 898 g/mol. The molecule has 340 valence electrons. The van der Waals surface area contributed by atoms with Gasteiger partial charge in [0, 0.05) is 57.3 Å². The van der Waals surface area contributed by atoms with Gasteiger partial charge < -0.3 is 14.2 Å². The molecule has 4 heteroatoms. The van der Waals surface area contributed by atoms with Crippen LogP contribution in [0.15, 0.2) is 201 Å². The van der Waals surface area contributed by atoms with Crippen molar-refractivity contribution in [2.75, 3.05) is 0 Å². The van der Waals surface area contributed by atoms with Crippen LogP contribution in [0, 0.1) is 12.3 Å². The van der Waals surface area contributed by atoms with Crippen molar-refractivity contribution in [3.63, 3.8) is 0 Å². The van der Waals surface area contributed by atoms with Crippen LogP contribution in [0.4, 0.5) is 0 Å². The number of nitrogens with one attached hydrogen (secondary N) is 1. The molecule has 8 aromatic rings. The van der Waals surface area contributed by atoms with E-state index in [1.54, 1.807) is 0 Å². The number of unbranched alkanes of at least 4 members (excludes halogenated alkanes) is 1. The molecule has 0 aliphatic heterocycles. The van der Waals surface area contributed by atoms with E-state index in [9.17, 15) is 5.41 Å². The second kappa shape index (κ2) is 19.6. The standard InChI is InChI=1S/C65H58N2O2/c1-43-19-17-22-47(41-43)44(2)67-61(46-20-5-3-6-21-46)33-15-14-32-60(66)54-28-12-11-27-52(54)50-26-10-9-25-49(50)51-23-7-4-8-24-53(51)57-30-18-31-58-59-42-48(37-40-64(59)69-65(57)58)45-35-38-56-55-29-13-16-34-62(55)68-63(56)39-36-45/h3-7,9-13,16-31,34-35,41-42,44,66H,8,14-15,32-33,36-40H2,1-2H3. The maximum absolute atomic E-state index is 9.54. The molecule has 0 amide bonds. The quantitative estimate of drug-likeness (QED) is 0.0926. The first kappa shape index (κ1) is 44.0. The van der Waals surface area contributed by atoms with Crippen molar-refractivity contribution < 1.29 is 8.83 Å². The molecule has 0 radical (unpaired) electrons. The Balaban J connectivity index is 0.849. The minimum absolute atomic E-state index is 0.0618. The number of hydrogen-bond donors (Lipinski definition) is 1. The molecule has 0 bridgehead atoms. The second-order valence-corrected chi connectivity index (χ2v) is 18.9. The molecule has 3 aliphatic rings. The average Bonchev–Trinajstić information content (AvgIpc) is 3.73. The van der Waals surface area contributed by atoms with E-state index in [2.05, 4.69) is 196 Å². The van der Waals surface area contributed by atoms with E-state index in [1.165, 1.54) is 55.3 Å². The summed E-state index contributed by atoms with van der Waals surface area (Å²) in [6.45, 7) is 4.33. The average molecular weight is 899 g/mol. The van der Waals surface area contributed by atoms with Gasteiger partial charge in [0.05, 0.1) is 6.04 Å². The highest BCUT2D eigenvalue weighted by atomic mass is 16.3. The van der Waals surface area contributed by atoms with Crippen LogP contribution in [-0.2, 0) is 19.3 Å². The Bertz CT molecular complexity index is 3430. The number of benzene rings is 6. The number of aliphatic imine (C=N–C) groups is 1. The summed E-state index contributed by atoms with van der Waals surface area (Å²) in [5.74, 6) is 2.20. The number of para-hydroxylation sites is 2. The predicted molar refractivity (Wildman–Crippen MR) is 288 cm³/mol. The Hall–Kier alpha value is -7.56. The minimum Gasteiger partial charge on any atom is -0.461 e. The third kappa shape index (κ3) is 9.00. The Kier molecular flexibility index (Phi) is 12.5. The van der Waals surface area contributed by atoms with Crippen molar-refractivity contribution in [3.05, 3.63) is 243 Å². The molecule has 2 aromatic heterocycles. The number of nitrogens with zero attached hydrogens (tertiary/aromatic N) is 1. The van der Waals surface area contributed by atoms with E-state index in [4.69, 9.17) is 13.8 Å². The van der Waals surface area contributed by atoms with E-state index in [0.29, 0.717) is 12.1 Å². The molecule has 1 unspecified atom stereocenters. The van der Waals surface area contributed by atoms with Gasteiger partial charge in [-0.05, 0) is 127 Å². The number of rotatable bonds is 13. The summed E-state index contributed by atoms with van der Waals surface area (Å²) >= 11 is 0. The van der Waals surface area contributed by atoms with Crippen molar-refractivity contribution in [3.8, 4) is 11.1 Å². The maximum Gasteiger partial charge on any atom is 0.142 e. The molecule has 11 rings (SSSR count). The highest BCUT2D eigenvalue weighted by Crippen LogP contribution is 2.45. The molecule has 0 fully saturated rings. The van der Waals surface area contributed by atoms with Crippen molar-refractivity contribution in [1.82, 2.24) is 0 Å². The van der Waals surface area contributed by atoms with Gasteiger partial charge >= 0.3 is 0 Å². The summed E-state index contributed by atoms with van der Waals surface area (Å²) in [6, 6.07) is 51.7. The largest absolute Gasteiger partial charge is 0.461 e. The maximum atomic E-state index is 9.54. The van der Waals surface area contributed by atoms with E-state index in [-0.39, 0.29) is 6.04 Å². The molecule has 1 atom stereocenters. The summed E-state index contributed by atoms with van der Waals surface area (Å²) in [5.41, 5.74) is 20.5. The van der Waals surface area contributed by atoms with Crippen LogP contribution in [0.1, 0.15) is 114 Å². The topological polar surface area (TPSA) is 62.5 Å². The fraction of sp³-hybridized carbons (Fsp3) is 0.200. The molecule has 2 heterocycles. The summed E-state index contributed by atoms with van der Waals surface area (Å²) in [6.07, 6.45) is 22.8. The zero-order valence-electron chi connectivity index (χ0n) is 39.7. The zero-order valence-corrected chi connectivity index (χ0v) is 39.7. The fourth-order valence-corrected chi connectivity index (χ4v) is 10.9. The summed E-state index contributed by atoms with van der Waals surface area (Å²) in [4.78, 5) is 5.28. The van der Waals surface area contributed by atoms with Crippen molar-refractivity contribution >= 4 is 50.6 Å². The minimum atomic E-state index is 0.0618. The Morgan fingerprint density at radius 2 is 1.36 bits per heavy atom. The summed E-state index contributed by atoms with van der Waals surface area (Å²) in [7, 11) is 0. The molecule has 69 heavy (non-hydrogen) atoms. The van der Waals surface area contributed by atoms with Gasteiger partial charge in [0.1, 0.15) is 22.7 Å². The SMILES string of the molecule is Cc1cccc(C(C)N=C(CCCCC(=N)c2ccccc2-c2ccccc2C2=CC=CCC=C2c2cccc3c4c(oc23)CCC(C2=CCc3c(oc5ccccc35)CC2)=C4)c2ccccc2)c1. The molecular weight excluding hydrogens is 841 g/mol. The summed E-state index contributed by atoms with van der Waals surface area (Å²) in [5, 5.41) is 12.0. The van der Waals surface area contributed by atoms with Crippen molar-refractivity contribution in [2.45, 2.75) is 84.1 Å². The first-order chi connectivity index (χ1) is 34.0. The highest BCUT2D eigenvalue weighted by Gasteiger charge is 2.26. The zero-order chi connectivity index (χ0) is 46.7. The van der Waals surface area contributed by atoms with Gasteiger partial charge in [0.15, 0.2) is 0 Å². The van der Waals surface area contributed by atoms with Gasteiger partial charge in [-0.25, -0.2) is 0 Å². The molecular formula is C65H58N2O2. The Morgan fingerprint density at radius 1 is 0.638 bits per heavy atom. The van der Waals surface area contributed by atoms with Crippen LogP contribution < -0.4 is 0 Å². The van der Waals surface area contributed by atoms with Crippen molar-refractivity contribution in [1.29, 1.82) is 5.41 Å². The van der Waals surface area contributed by atoms with Gasteiger partial charge in [-0.1, -0.05) is 175 Å². The third-order valence-corrected chi connectivity index (χ3v) is 14.4. The molecule has 6 aromatic carbocycles. The van der Waals surface area contributed by atoms with Gasteiger partial charge in [0.2, 0.25) is 0 Å². The van der Waals surface area contributed by atoms with E-state index < -0.39 is 0 Å². The fourth-order valence-electron chi connectivity index (χ4n) is 10.9. The first-order valence-electron chi connectivity index (χ1n) is 24.9. The molecule has 3 aliphatic carbocycles. The Morgan fingerprint density at radius 3 is 2.25 bits per heavy atom. The number of allylic oxidation sites excluding steroid dienone is 9. The molecule has 0 saturated carbocycles. The van der Waals surface area contributed by atoms with Crippen LogP contribution >= 0.6 is 0 Å². The molecule has 4 nitrogen and oxygen atoms in total. The number of aryl methyl sites for hydroxylation is 3. The normalized spacial score (nSPS) is 15.4. The lowest BCUT2D eigenvalue weighted by molar-refractivity contribution is 0.539. The van der Waals surface area contributed by atoms with Gasteiger partial charge in [-0.15, -0.1) is 0 Å². The van der Waals surface area contributed by atoms with Crippen LogP contribution in [0.3, 0.4) is 0 Å². The smallest absolute Gasteiger partial charge is 0.142 e. The van der Waals surface area contributed by atoms with Crippen LogP contribution in [0.5, 0.6) is 0 Å². The molecule has 0 spiro atoms. The predicted octanol–water partition coefficient (Wildman–Crippen LogP) is 17.2. The Labute approximate surface area is 406 Å². The van der Waals surface area contributed by atoms with Gasteiger partial charge in [0.25, 0.3) is 0 Å². The van der Waals surface area contributed by atoms with Crippen LogP contribution in [0.2, 0.25) is 0 Å². The third-order valence-electron chi connectivity index (χ3n) is 14.4. The highest BCUT2D eigenvalue weighted by molar-refractivity contribution is 6.14. The second-order valence-electron chi connectivity index (χ2n) is 18.9. The van der Waals surface area contributed by atoms with E-state index >= 15 is 0 Å². The summed E-state index contributed by atoms with van der Waals surface area (Å²) < 4.78 is 13.3. The lowest BCUT2D eigenvalue weighted by atomic mass is 9.84. The number of fused-ring (bicyclic) bond motifs is 6. The van der Waals surface area contributed by atoms with Gasteiger partial charge in [-0.2, -0.15) is 0 Å². The van der Waals surface area contributed by atoms with Crippen LogP contribution in [-0.4, -0.2) is 11.4 Å². The number of hydrogen-bond acceptors (Lipinski definition) is 4. The van der Waals surface area contributed by atoms with E-state index in [1.807, 2.05) is 0 Å². The van der Waals surface area contributed by atoms with Crippen LogP contribution in [0.25, 0.3) is 50.3 Å². The van der Waals surface area contributed by atoms with Gasteiger partial charge in [-0.3, -0.25) is 4.99 Å². The van der Waals surface area contributed by atoms with E-state index in [0.717, 1.165) is 120 Å². The molecule has 1 N–H and O–H groups in total. The van der Waals surface area contributed by atoms with Crippen molar-refractivity contribution in [2.24, 2.45) is 4.99 Å².